The predicted octanol–water partition coefficient (Wildman–Crippen LogP) is 1.95. The van der Waals surface area contributed by atoms with Gasteiger partial charge in [-0.15, -0.1) is 0 Å². The van der Waals surface area contributed by atoms with E-state index in [9.17, 15) is 10.1 Å². The van der Waals surface area contributed by atoms with Crippen LogP contribution in [0.4, 0.5) is 11.5 Å². The normalized spacial score (nSPS) is 17.5. The van der Waals surface area contributed by atoms with Gasteiger partial charge < -0.3 is 5.32 Å². The molecule has 1 aliphatic carbocycles. The standard InChI is InChI=1S/C9H11N3O2/c1-9(4-5-9)11-8-3-2-7(6-10-8)12(13)14/h2-3,6H,4-5H2,1H3,(H,10,11). The zero-order valence-electron chi connectivity index (χ0n) is 7.86. The first-order chi connectivity index (χ1) is 6.59. The molecule has 1 N–H and O–H groups in total. The second kappa shape index (κ2) is 2.94. The summed E-state index contributed by atoms with van der Waals surface area (Å²) >= 11 is 0. The highest BCUT2D eigenvalue weighted by Crippen LogP contribution is 2.37. The summed E-state index contributed by atoms with van der Waals surface area (Å²) in [7, 11) is 0. The summed E-state index contributed by atoms with van der Waals surface area (Å²) in [6, 6.07) is 3.10. The van der Waals surface area contributed by atoms with E-state index in [0.29, 0.717) is 5.82 Å². The molecular weight excluding hydrogens is 182 g/mol. The molecule has 0 saturated heterocycles. The van der Waals surface area contributed by atoms with Crippen LogP contribution in [0, 0.1) is 10.1 Å². The van der Waals surface area contributed by atoms with Crippen molar-refractivity contribution in [3.63, 3.8) is 0 Å². The van der Waals surface area contributed by atoms with Gasteiger partial charge in [-0.05, 0) is 25.8 Å². The van der Waals surface area contributed by atoms with Crippen LogP contribution in [0.2, 0.25) is 0 Å². The van der Waals surface area contributed by atoms with Crippen molar-refractivity contribution in [1.29, 1.82) is 0 Å². The number of pyridine rings is 1. The monoisotopic (exact) mass is 193 g/mol. The Hall–Kier alpha value is -1.65. The van der Waals surface area contributed by atoms with Crippen molar-refractivity contribution in [2.45, 2.75) is 25.3 Å². The van der Waals surface area contributed by atoms with Gasteiger partial charge in [0, 0.05) is 11.6 Å². The van der Waals surface area contributed by atoms with Gasteiger partial charge in [-0.2, -0.15) is 0 Å². The molecule has 0 aromatic carbocycles. The van der Waals surface area contributed by atoms with Crippen LogP contribution in [0.25, 0.3) is 0 Å². The Balaban J connectivity index is 2.10. The maximum atomic E-state index is 10.4. The predicted molar refractivity (Wildman–Crippen MR) is 52.2 cm³/mol. The average Bonchev–Trinajstić information content (AvgIpc) is 2.84. The molecular formula is C9H11N3O2. The summed E-state index contributed by atoms with van der Waals surface area (Å²) in [5.74, 6) is 0.704. The quantitative estimate of drug-likeness (QED) is 0.588. The van der Waals surface area contributed by atoms with Gasteiger partial charge in [-0.25, -0.2) is 4.98 Å². The first-order valence-corrected chi connectivity index (χ1v) is 4.48. The lowest BCUT2D eigenvalue weighted by Crippen LogP contribution is -2.16. The molecule has 0 spiro atoms. The van der Waals surface area contributed by atoms with Crippen molar-refractivity contribution in [3.05, 3.63) is 28.4 Å². The van der Waals surface area contributed by atoms with Crippen molar-refractivity contribution in [1.82, 2.24) is 4.98 Å². The Morgan fingerprint density at radius 3 is 2.71 bits per heavy atom. The molecule has 1 aromatic rings. The highest BCUT2D eigenvalue weighted by atomic mass is 16.6. The van der Waals surface area contributed by atoms with Gasteiger partial charge in [-0.1, -0.05) is 0 Å². The first kappa shape index (κ1) is 8.93. The fourth-order valence-electron chi connectivity index (χ4n) is 1.19. The zero-order chi connectivity index (χ0) is 10.2. The second-order valence-corrected chi connectivity index (χ2v) is 3.84. The Bertz CT molecular complexity index is 357. The Kier molecular flexibility index (Phi) is 1.87. The second-order valence-electron chi connectivity index (χ2n) is 3.84. The summed E-state index contributed by atoms with van der Waals surface area (Å²) in [6.45, 7) is 2.11. The minimum Gasteiger partial charge on any atom is -0.365 e. The molecule has 0 amide bonds. The van der Waals surface area contributed by atoms with Gasteiger partial charge in [0.15, 0.2) is 0 Å². The Morgan fingerprint density at radius 2 is 2.29 bits per heavy atom. The Morgan fingerprint density at radius 1 is 1.57 bits per heavy atom. The first-order valence-electron chi connectivity index (χ1n) is 4.48. The van der Waals surface area contributed by atoms with E-state index in [1.807, 2.05) is 0 Å². The van der Waals surface area contributed by atoms with Crippen LogP contribution < -0.4 is 5.32 Å². The fourth-order valence-corrected chi connectivity index (χ4v) is 1.19. The SMILES string of the molecule is CC1(Nc2ccc([N+](=O)[O-])cn2)CC1. The third-order valence-electron chi connectivity index (χ3n) is 2.39. The van der Waals surface area contributed by atoms with Crippen molar-refractivity contribution in [2.24, 2.45) is 0 Å². The lowest BCUT2D eigenvalue weighted by Gasteiger charge is -2.10. The number of hydrogen-bond acceptors (Lipinski definition) is 4. The van der Waals surface area contributed by atoms with Crippen molar-refractivity contribution in [2.75, 3.05) is 5.32 Å². The summed E-state index contributed by atoms with van der Waals surface area (Å²) in [5.41, 5.74) is 0.180. The van der Waals surface area contributed by atoms with Crippen LogP contribution in [-0.4, -0.2) is 15.4 Å². The molecule has 14 heavy (non-hydrogen) atoms. The van der Waals surface area contributed by atoms with E-state index in [4.69, 9.17) is 0 Å². The smallest absolute Gasteiger partial charge is 0.287 e. The fraction of sp³-hybridized carbons (Fsp3) is 0.444. The van der Waals surface area contributed by atoms with Crippen LogP contribution >= 0.6 is 0 Å². The molecule has 1 aromatic heterocycles. The third kappa shape index (κ3) is 1.81. The molecule has 0 aliphatic heterocycles. The summed E-state index contributed by atoms with van der Waals surface area (Å²) in [5, 5.41) is 13.6. The van der Waals surface area contributed by atoms with E-state index >= 15 is 0 Å². The van der Waals surface area contributed by atoms with Crippen molar-refractivity contribution in [3.8, 4) is 0 Å². The highest BCUT2D eigenvalue weighted by molar-refractivity contribution is 5.43. The number of aromatic nitrogens is 1. The average molecular weight is 193 g/mol. The molecule has 1 fully saturated rings. The van der Waals surface area contributed by atoms with Crippen molar-refractivity contribution < 1.29 is 4.92 Å². The number of nitrogens with one attached hydrogen (secondary N) is 1. The number of nitrogens with zero attached hydrogens (tertiary/aromatic N) is 2. The van der Waals surface area contributed by atoms with Crippen LogP contribution in [0.5, 0.6) is 0 Å². The minimum atomic E-state index is -0.449. The number of anilines is 1. The number of rotatable bonds is 3. The Labute approximate surface area is 81.3 Å². The van der Waals surface area contributed by atoms with Gasteiger partial charge in [0.25, 0.3) is 5.69 Å². The van der Waals surface area contributed by atoms with E-state index in [1.54, 1.807) is 6.07 Å². The van der Waals surface area contributed by atoms with E-state index in [2.05, 4.69) is 17.2 Å². The third-order valence-corrected chi connectivity index (χ3v) is 2.39. The molecule has 2 rings (SSSR count). The molecule has 0 radical (unpaired) electrons. The summed E-state index contributed by atoms with van der Waals surface area (Å²) in [6.07, 6.45) is 3.53. The van der Waals surface area contributed by atoms with E-state index in [0.717, 1.165) is 12.8 Å². The van der Waals surface area contributed by atoms with Crippen LogP contribution in [0.15, 0.2) is 18.3 Å². The molecule has 1 aliphatic rings. The maximum Gasteiger partial charge on any atom is 0.287 e. The molecule has 0 bridgehead atoms. The summed E-state index contributed by atoms with van der Waals surface area (Å²) < 4.78 is 0. The molecule has 0 atom stereocenters. The minimum absolute atomic E-state index is 0.0245. The van der Waals surface area contributed by atoms with Crippen LogP contribution in [0.1, 0.15) is 19.8 Å². The van der Waals surface area contributed by atoms with Gasteiger partial charge >= 0.3 is 0 Å². The molecule has 1 saturated carbocycles. The molecule has 1 heterocycles. The van der Waals surface area contributed by atoms with E-state index in [-0.39, 0.29) is 11.2 Å². The topological polar surface area (TPSA) is 68.1 Å². The van der Waals surface area contributed by atoms with E-state index < -0.39 is 4.92 Å². The zero-order valence-corrected chi connectivity index (χ0v) is 7.86. The number of nitro groups is 1. The van der Waals surface area contributed by atoms with E-state index in [1.165, 1.54) is 12.3 Å². The maximum absolute atomic E-state index is 10.4. The molecule has 74 valence electrons. The van der Waals surface area contributed by atoms with Gasteiger partial charge in [0.2, 0.25) is 0 Å². The number of hydrogen-bond donors (Lipinski definition) is 1. The van der Waals surface area contributed by atoms with Crippen LogP contribution in [-0.2, 0) is 0 Å². The largest absolute Gasteiger partial charge is 0.365 e. The van der Waals surface area contributed by atoms with Gasteiger partial charge in [0.05, 0.1) is 4.92 Å². The van der Waals surface area contributed by atoms with Crippen LogP contribution in [0.3, 0.4) is 0 Å². The molecule has 5 nitrogen and oxygen atoms in total. The van der Waals surface area contributed by atoms with Crippen molar-refractivity contribution >= 4 is 11.5 Å². The van der Waals surface area contributed by atoms with Gasteiger partial charge in [0.1, 0.15) is 12.0 Å². The highest BCUT2D eigenvalue weighted by Gasteiger charge is 2.37. The van der Waals surface area contributed by atoms with Gasteiger partial charge in [-0.3, -0.25) is 10.1 Å². The molecule has 0 unspecified atom stereocenters. The lowest BCUT2D eigenvalue weighted by atomic mass is 10.3. The molecule has 5 heteroatoms. The lowest BCUT2D eigenvalue weighted by molar-refractivity contribution is -0.385. The summed E-state index contributed by atoms with van der Waals surface area (Å²) in [4.78, 5) is 13.9.